The summed E-state index contributed by atoms with van der Waals surface area (Å²) in [6.07, 6.45) is 0.341. The number of ether oxygens (including phenoxy) is 2. The van der Waals surface area contributed by atoms with Crippen LogP contribution in [0.15, 0.2) is 67.3 Å². The lowest BCUT2D eigenvalue weighted by Crippen LogP contribution is -2.42. The highest BCUT2D eigenvalue weighted by atomic mass is 16.5. The highest BCUT2D eigenvalue weighted by Gasteiger charge is 2.27. The van der Waals surface area contributed by atoms with Crippen LogP contribution >= 0.6 is 0 Å². The zero-order valence-electron chi connectivity index (χ0n) is 15.5. The number of hydrogen-bond acceptors (Lipinski definition) is 5. The molecule has 0 bridgehead atoms. The van der Waals surface area contributed by atoms with Crippen molar-refractivity contribution in [3.05, 3.63) is 78.4 Å². The molecule has 2 aromatic carbocycles. The fraction of sp³-hybridized carbons (Fsp3) is 0.190. The van der Waals surface area contributed by atoms with Gasteiger partial charge in [0.15, 0.2) is 0 Å². The average Bonchev–Trinajstić information content (AvgIpc) is 2.71. The Morgan fingerprint density at radius 2 is 1.75 bits per heavy atom. The monoisotopic (exact) mass is 382 g/mol. The molecule has 2 N–H and O–H groups in total. The summed E-state index contributed by atoms with van der Waals surface area (Å²) in [7, 11) is 0. The minimum Gasteiger partial charge on any atom is -0.490 e. The van der Waals surface area contributed by atoms with Crippen molar-refractivity contribution in [1.82, 2.24) is 10.6 Å². The van der Waals surface area contributed by atoms with E-state index in [1.165, 1.54) is 12.1 Å². The summed E-state index contributed by atoms with van der Waals surface area (Å²) in [5.74, 6) is -0.864. The molecule has 3 amide bonds. The zero-order valence-corrected chi connectivity index (χ0v) is 15.5. The first-order valence-electron chi connectivity index (χ1n) is 8.73. The Bertz CT molecular complexity index is 818. The lowest BCUT2D eigenvalue weighted by Gasteiger charge is -2.18. The van der Waals surface area contributed by atoms with Crippen LogP contribution in [0.2, 0.25) is 0 Å². The van der Waals surface area contributed by atoms with E-state index in [9.17, 15) is 14.4 Å². The molecular formula is C21H22N2O5. The molecule has 0 saturated carbocycles. The predicted octanol–water partition coefficient (Wildman–Crippen LogP) is 3.00. The van der Waals surface area contributed by atoms with Crippen molar-refractivity contribution in [2.24, 2.45) is 0 Å². The van der Waals surface area contributed by atoms with E-state index in [0.717, 1.165) is 0 Å². The first kappa shape index (κ1) is 20.7. The Morgan fingerprint density at radius 3 is 2.36 bits per heavy atom. The maximum Gasteiger partial charge on any atom is 0.339 e. The minimum atomic E-state index is -1.27. The third-order valence-electron chi connectivity index (χ3n) is 3.60. The van der Waals surface area contributed by atoms with Crippen molar-refractivity contribution in [1.29, 1.82) is 0 Å². The molecule has 1 unspecified atom stereocenters. The smallest absolute Gasteiger partial charge is 0.339 e. The Labute approximate surface area is 163 Å². The van der Waals surface area contributed by atoms with Gasteiger partial charge in [-0.15, -0.1) is 0 Å². The molecule has 28 heavy (non-hydrogen) atoms. The van der Waals surface area contributed by atoms with Crippen molar-refractivity contribution in [2.75, 3.05) is 13.2 Å². The standard InChI is InChI=1S/C21H22N2O5/c1-3-14-27-17-12-10-16(11-13-17)20(25)28-18(15-8-6-5-7-9-15)19(24)23-21(26)22-4-2/h3,5-13,18H,1,4,14H2,2H3,(H2,22,23,24,26). The number of hydrogen-bond donors (Lipinski definition) is 2. The number of carbonyl (C=O) groups excluding carboxylic acids is 3. The number of urea groups is 1. The van der Waals surface area contributed by atoms with Gasteiger partial charge in [0.1, 0.15) is 12.4 Å². The third kappa shape index (κ3) is 5.98. The van der Waals surface area contributed by atoms with Gasteiger partial charge in [-0.25, -0.2) is 9.59 Å². The topological polar surface area (TPSA) is 93.7 Å². The minimum absolute atomic E-state index is 0.248. The number of nitrogens with one attached hydrogen (secondary N) is 2. The van der Waals surface area contributed by atoms with Gasteiger partial charge >= 0.3 is 12.0 Å². The van der Waals surface area contributed by atoms with E-state index in [1.807, 2.05) is 0 Å². The summed E-state index contributed by atoms with van der Waals surface area (Å²) < 4.78 is 10.8. The third-order valence-corrected chi connectivity index (χ3v) is 3.60. The fourth-order valence-corrected chi connectivity index (χ4v) is 2.30. The SMILES string of the molecule is C=CCOc1ccc(C(=O)OC(C(=O)NC(=O)NCC)c2ccccc2)cc1. The average molecular weight is 382 g/mol. The van der Waals surface area contributed by atoms with E-state index in [2.05, 4.69) is 17.2 Å². The molecule has 2 rings (SSSR count). The zero-order chi connectivity index (χ0) is 20.4. The van der Waals surface area contributed by atoms with Crippen LogP contribution in [0.25, 0.3) is 0 Å². The van der Waals surface area contributed by atoms with Crippen LogP contribution in [0.4, 0.5) is 4.79 Å². The molecule has 7 heteroatoms. The molecule has 0 aliphatic rings. The highest BCUT2D eigenvalue weighted by Crippen LogP contribution is 2.21. The van der Waals surface area contributed by atoms with E-state index in [4.69, 9.17) is 9.47 Å². The van der Waals surface area contributed by atoms with Gasteiger partial charge in [-0.2, -0.15) is 0 Å². The molecule has 0 aliphatic heterocycles. The lowest BCUT2D eigenvalue weighted by atomic mass is 10.1. The normalized spacial score (nSPS) is 11.0. The van der Waals surface area contributed by atoms with Crippen molar-refractivity contribution in [2.45, 2.75) is 13.0 Å². The Balaban J connectivity index is 2.15. The molecule has 0 radical (unpaired) electrons. The van der Waals surface area contributed by atoms with E-state index < -0.39 is 24.0 Å². The van der Waals surface area contributed by atoms with Crippen LogP contribution in [0.3, 0.4) is 0 Å². The van der Waals surface area contributed by atoms with Gasteiger partial charge < -0.3 is 14.8 Å². The van der Waals surface area contributed by atoms with Crippen LogP contribution in [-0.4, -0.2) is 31.1 Å². The van der Waals surface area contributed by atoms with Gasteiger partial charge in [0, 0.05) is 12.1 Å². The van der Waals surface area contributed by atoms with Gasteiger partial charge in [-0.3, -0.25) is 10.1 Å². The van der Waals surface area contributed by atoms with E-state index >= 15 is 0 Å². The Morgan fingerprint density at radius 1 is 1.07 bits per heavy atom. The summed E-state index contributed by atoms with van der Waals surface area (Å²) in [4.78, 5) is 36.7. The predicted molar refractivity (Wildman–Crippen MR) is 104 cm³/mol. The van der Waals surface area contributed by atoms with Crippen molar-refractivity contribution < 1.29 is 23.9 Å². The number of benzene rings is 2. The van der Waals surface area contributed by atoms with Gasteiger partial charge in [0.05, 0.1) is 5.56 Å². The van der Waals surface area contributed by atoms with E-state index in [0.29, 0.717) is 24.5 Å². The molecular weight excluding hydrogens is 360 g/mol. The molecule has 146 valence electrons. The summed E-state index contributed by atoms with van der Waals surface area (Å²) in [6.45, 7) is 5.99. The molecule has 1 atom stereocenters. The Kier molecular flexibility index (Phi) is 7.77. The second kappa shape index (κ2) is 10.5. The fourth-order valence-electron chi connectivity index (χ4n) is 2.30. The van der Waals surface area contributed by atoms with Gasteiger partial charge in [-0.1, -0.05) is 43.0 Å². The van der Waals surface area contributed by atoms with Gasteiger partial charge in [0.25, 0.3) is 5.91 Å². The molecule has 0 spiro atoms. The van der Waals surface area contributed by atoms with Crippen molar-refractivity contribution in [3.8, 4) is 5.75 Å². The highest BCUT2D eigenvalue weighted by molar-refractivity contribution is 5.99. The number of amides is 3. The van der Waals surface area contributed by atoms with Crippen molar-refractivity contribution in [3.63, 3.8) is 0 Å². The molecule has 0 heterocycles. The van der Waals surface area contributed by atoms with Crippen molar-refractivity contribution >= 4 is 17.9 Å². The van der Waals surface area contributed by atoms with Crippen LogP contribution in [0.5, 0.6) is 5.75 Å². The molecule has 0 aromatic heterocycles. The molecule has 0 fully saturated rings. The quantitative estimate of drug-likeness (QED) is 0.541. The lowest BCUT2D eigenvalue weighted by molar-refractivity contribution is -0.129. The summed E-state index contributed by atoms with van der Waals surface area (Å²) in [6, 6.07) is 14.1. The van der Waals surface area contributed by atoms with E-state index in [-0.39, 0.29) is 5.56 Å². The molecule has 2 aromatic rings. The number of rotatable bonds is 8. The number of esters is 1. The second-order valence-electron chi connectivity index (χ2n) is 5.67. The molecule has 0 aliphatic carbocycles. The summed E-state index contributed by atoms with van der Waals surface area (Å²) >= 11 is 0. The van der Waals surface area contributed by atoms with Gasteiger partial charge in [-0.05, 0) is 31.2 Å². The maximum absolute atomic E-state index is 12.5. The summed E-state index contributed by atoms with van der Waals surface area (Å²) in [5.41, 5.74) is 0.696. The van der Waals surface area contributed by atoms with Crippen LogP contribution in [-0.2, 0) is 9.53 Å². The maximum atomic E-state index is 12.5. The second-order valence-corrected chi connectivity index (χ2v) is 5.67. The Hall–Kier alpha value is -3.61. The largest absolute Gasteiger partial charge is 0.490 e. The van der Waals surface area contributed by atoms with E-state index in [1.54, 1.807) is 55.5 Å². The van der Waals surface area contributed by atoms with Crippen LogP contribution in [0.1, 0.15) is 28.9 Å². The number of carbonyl (C=O) groups is 3. The van der Waals surface area contributed by atoms with Crippen LogP contribution in [0, 0.1) is 0 Å². The van der Waals surface area contributed by atoms with Crippen LogP contribution < -0.4 is 15.4 Å². The summed E-state index contributed by atoms with van der Waals surface area (Å²) in [5, 5.41) is 4.63. The van der Waals surface area contributed by atoms with Gasteiger partial charge in [0.2, 0.25) is 6.10 Å². The number of imide groups is 1. The molecule has 0 saturated heterocycles. The first-order chi connectivity index (χ1) is 13.5. The molecule has 7 nitrogen and oxygen atoms in total. The first-order valence-corrected chi connectivity index (χ1v) is 8.73.